The molecule has 4 nitrogen and oxygen atoms in total. The van der Waals surface area contributed by atoms with Crippen LogP contribution in [-0.4, -0.2) is 44.2 Å². The van der Waals surface area contributed by atoms with E-state index >= 15 is 0 Å². The Morgan fingerprint density at radius 1 is 1.50 bits per heavy atom. The summed E-state index contributed by atoms with van der Waals surface area (Å²) >= 11 is 0. The number of carbonyl (C=O) groups is 1. The molecule has 94 valence electrons. The van der Waals surface area contributed by atoms with E-state index in [0.717, 1.165) is 32.6 Å². The van der Waals surface area contributed by atoms with Crippen molar-refractivity contribution in [3.63, 3.8) is 0 Å². The van der Waals surface area contributed by atoms with Crippen LogP contribution in [0.25, 0.3) is 0 Å². The fraction of sp³-hybridized carbons (Fsp3) is 0.917. The van der Waals surface area contributed by atoms with Crippen LogP contribution >= 0.6 is 0 Å². The summed E-state index contributed by atoms with van der Waals surface area (Å²) in [6.07, 6.45) is 2.70. The molecule has 1 unspecified atom stereocenters. The SMILES string of the molecule is CC(CN)CN(C)C(=O)CC1CCOCC1. The molecule has 1 aliphatic rings. The molecule has 1 atom stereocenters. The van der Waals surface area contributed by atoms with E-state index in [1.807, 2.05) is 11.9 Å². The first-order chi connectivity index (χ1) is 7.63. The van der Waals surface area contributed by atoms with Gasteiger partial charge in [-0.05, 0) is 31.2 Å². The van der Waals surface area contributed by atoms with Gasteiger partial charge in [0.25, 0.3) is 0 Å². The molecular formula is C12H24N2O2. The Kier molecular flexibility index (Phi) is 5.77. The van der Waals surface area contributed by atoms with Crippen LogP contribution in [0.2, 0.25) is 0 Å². The highest BCUT2D eigenvalue weighted by Crippen LogP contribution is 2.19. The van der Waals surface area contributed by atoms with Crippen molar-refractivity contribution in [3.05, 3.63) is 0 Å². The summed E-state index contributed by atoms with van der Waals surface area (Å²) < 4.78 is 5.28. The van der Waals surface area contributed by atoms with Crippen molar-refractivity contribution in [1.29, 1.82) is 0 Å². The second kappa shape index (κ2) is 6.86. The molecule has 0 saturated carbocycles. The van der Waals surface area contributed by atoms with Crippen LogP contribution in [0.5, 0.6) is 0 Å². The van der Waals surface area contributed by atoms with E-state index in [0.29, 0.717) is 24.8 Å². The van der Waals surface area contributed by atoms with E-state index in [1.165, 1.54) is 0 Å². The highest BCUT2D eigenvalue weighted by Gasteiger charge is 2.20. The third-order valence-corrected chi connectivity index (χ3v) is 3.22. The lowest BCUT2D eigenvalue weighted by atomic mass is 9.96. The Bertz CT molecular complexity index is 215. The second-order valence-corrected chi connectivity index (χ2v) is 4.88. The number of nitrogens with zero attached hydrogens (tertiary/aromatic N) is 1. The largest absolute Gasteiger partial charge is 0.381 e. The smallest absolute Gasteiger partial charge is 0.222 e. The minimum absolute atomic E-state index is 0.243. The lowest BCUT2D eigenvalue weighted by molar-refractivity contribution is -0.132. The van der Waals surface area contributed by atoms with Gasteiger partial charge in [-0.1, -0.05) is 6.92 Å². The van der Waals surface area contributed by atoms with Crippen LogP contribution in [0.3, 0.4) is 0 Å². The van der Waals surface area contributed by atoms with Crippen LogP contribution < -0.4 is 5.73 Å². The fourth-order valence-electron chi connectivity index (χ4n) is 2.00. The van der Waals surface area contributed by atoms with Crippen molar-refractivity contribution in [2.24, 2.45) is 17.6 Å². The summed E-state index contributed by atoms with van der Waals surface area (Å²) in [7, 11) is 1.87. The molecule has 0 aromatic carbocycles. The van der Waals surface area contributed by atoms with Crippen molar-refractivity contribution < 1.29 is 9.53 Å². The fourth-order valence-corrected chi connectivity index (χ4v) is 2.00. The topological polar surface area (TPSA) is 55.6 Å². The Labute approximate surface area is 98.1 Å². The Balaban J connectivity index is 2.27. The minimum Gasteiger partial charge on any atom is -0.381 e. The Hall–Kier alpha value is -0.610. The van der Waals surface area contributed by atoms with Gasteiger partial charge in [-0.2, -0.15) is 0 Å². The number of ether oxygens (including phenoxy) is 1. The predicted molar refractivity (Wildman–Crippen MR) is 64.0 cm³/mol. The van der Waals surface area contributed by atoms with E-state index in [2.05, 4.69) is 6.92 Å². The number of rotatable bonds is 5. The van der Waals surface area contributed by atoms with Gasteiger partial charge in [0, 0.05) is 33.2 Å². The molecule has 0 aromatic rings. The van der Waals surface area contributed by atoms with Gasteiger partial charge in [0.2, 0.25) is 5.91 Å². The first-order valence-corrected chi connectivity index (χ1v) is 6.15. The molecule has 16 heavy (non-hydrogen) atoms. The average Bonchev–Trinajstić information content (AvgIpc) is 2.30. The van der Waals surface area contributed by atoms with E-state index in [-0.39, 0.29) is 5.91 Å². The average molecular weight is 228 g/mol. The second-order valence-electron chi connectivity index (χ2n) is 4.88. The van der Waals surface area contributed by atoms with Crippen LogP contribution in [0.4, 0.5) is 0 Å². The summed E-state index contributed by atoms with van der Waals surface area (Å²) in [6.45, 7) is 5.08. The lowest BCUT2D eigenvalue weighted by Crippen LogP contribution is -2.35. The quantitative estimate of drug-likeness (QED) is 0.759. The summed E-state index contributed by atoms with van der Waals surface area (Å²) in [5.41, 5.74) is 5.55. The zero-order valence-electron chi connectivity index (χ0n) is 10.4. The number of carbonyl (C=O) groups excluding carboxylic acids is 1. The third-order valence-electron chi connectivity index (χ3n) is 3.22. The molecule has 4 heteroatoms. The van der Waals surface area contributed by atoms with Crippen molar-refractivity contribution >= 4 is 5.91 Å². The molecule has 0 spiro atoms. The maximum atomic E-state index is 11.9. The monoisotopic (exact) mass is 228 g/mol. The molecule has 1 saturated heterocycles. The molecule has 1 fully saturated rings. The molecule has 0 bridgehead atoms. The van der Waals surface area contributed by atoms with Crippen molar-refractivity contribution in [1.82, 2.24) is 4.90 Å². The van der Waals surface area contributed by atoms with Crippen LogP contribution in [0.15, 0.2) is 0 Å². The zero-order valence-corrected chi connectivity index (χ0v) is 10.4. The maximum absolute atomic E-state index is 11.9. The first-order valence-electron chi connectivity index (χ1n) is 6.15. The number of hydrogen-bond acceptors (Lipinski definition) is 3. The molecule has 1 amide bonds. The van der Waals surface area contributed by atoms with Crippen molar-refractivity contribution in [2.45, 2.75) is 26.2 Å². The number of hydrogen-bond donors (Lipinski definition) is 1. The van der Waals surface area contributed by atoms with Gasteiger partial charge >= 0.3 is 0 Å². The molecule has 0 aliphatic carbocycles. The van der Waals surface area contributed by atoms with Crippen LogP contribution in [0, 0.1) is 11.8 Å². The maximum Gasteiger partial charge on any atom is 0.222 e. The highest BCUT2D eigenvalue weighted by molar-refractivity contribution is 5.76. The summed E-state index contributed by atoms with van der Waals surface area (Å²) in [5, 5.41) is 0. The summed E-state index contributed by atoms with van der Waals surface area (Å²) in [6, 6.07) is 0. The molecule has 1 rings (SSSR count). The van der Waals surface area contributed by atoms with Crippen molar-refractivity contribution in [3.8, 4) is 0 Å². The molecule has 1 aliphatic heterocycles. The zero-order chi connectivity index (χ0) is 12.0. The van der Waals surface area contributed by atoms with E-state index in [9.17, 15) is 4.79 Å². The van der Waals surface area contributed by atoms with E-state index < -0.39 is 0 Å². The number of nitrogens with two attached hydrogens (primary N) is 1. The standard InChI is InChI=1S/C12H24N2O2/c1-10(8-13)9-14(2)12(15)7-11-3-5-16-6-4-11/h10-11H,3-9,13H2,1-2H3. The molecule has 2 N–H and O–H groups in total. The van der Waals surface area contributed by atoms with Gasteiger partial charge in [-0.25, -0.2) is 0 Å². The third kappa shape index (κ3) is 4.49. The number of amides is 1. The Morgan fingerprint density at radius 2 is 2.12 bits per heavy atom. The van der Waals surface area contributed by atoms with Gasteiger partial charge in [0.1, 0.15) is 0 Å². The molecule has 0 aromatic heterocycles. The van der Waals surface area contributed by atoms with Crippen LogP contribution in [0.1, 0.15) is 26.2 Å². The van der Waals surface area contributed by atoms with Gasteiger partial charge in [-0.15, -0.1) is 0 Å². The lowest BCUT2D eigenvalue weighted by Gasteiger charge is -2.25. The van der Waals surface area contributed by atoms with E-state index in [1.54, 1.807) is 0 Å². The minimum atomic E-state index is 0.243. The molecular weight excluding hydrogens is 204 g/mol. The molecule has 1 heterocycles. The summed E-state index contributed by atoms with van der Waals surface area (Å²) in [4.78, 5) is 13.7. The van der Waals surface area contributed by atoms with Gasteiger partial charge in [-0.3, -0.25) is 4.79 Å². The van der Waals surface area contributed by atoms with Crippen molar-refractivity contribution in [2.75, 3.05) is 33.4 Å². The molecule has 0 radical (unpaired) electrons. The highest BCUT2D eigenvalue weighted by atomic mass is 16.5. The van der Waals surface area contributed by atoms with Gasteiger partial charge in [0.15, 0.2) is 0 Å². The Morgan fingerprint density at radius 3 is 2.69 bits per heavy atom. The predicted octanol–water partition coefficient (Wildman–Crippen LogP) is 0.856. The normalized spacial score (nSPS) is 19.4. The van der Waals surface area contributed by atoms with Crippen LogP contribution in [-0.2, 0) is 9.53 Å². The van der Waals surface area contributed by atoms with Gasteiger partial charge < -0.3 is 15.4 Å². The summed E-state index contributed by atoms with van der Waals surface area (Å²) in [5.74, 6) is 1.13. The van der Waals surface area contributed by atoms with Gasteiger partial charge in [0.05, 0.1) is 0 Å². The van der Waals surface area contributed by atoms with E-state index in [4.69, 9.17) is 10.5 Å². The first kappa shape index (κ1) is 13.5.